The molecule has 0 heterocycles. The Kier molecular flexibility index (Phi) is 76.0. The van der Waals surface area contributed by atoms with Crippen molar-refractivity contribution in [3.05, 3.63) is 0 Å². The van der Waals surface area contributed by atoms with Gasteiger partial charge in [0.1, 0.15) is 19.3 Å². The van der Waals surface area contributed by atoms with Crippen LogP contribution in [0.1, 0.15) is 459 Å². The molecule has 0 aliphatic rings. The summed E-state index contributed by atoms with van der Waals surface area (Å²) >= 11 is 0. The third-order valence-electron chi connectivity index (χ3n) is 20.2. The van der Waals surface area contributed by atoms with Crippen LogP contribution in [0.2, 0.25) is 0 Å². The fourth-order valence-electron chi connectivity index (χ4n) is 13.4. The number of unbranched alkanes of at least 4 members (excludes halogenated alkanes) is 55. The van der Waals surface area contributed by atoms with E-state index < -0.39 is 97.5 Å². The first-order chi connectivity index (χ1) is 50.9. The molecular formula is C86H168O17P2. The number of aliphatic hydroxyl groups excluding tert-OH is 1. The minimum atomic E-state index is -4.97. The number of esters is 4. The fourth-order valence-corrected chi connectivity index (χ4v) is 15.0. The highest BCUT2D eigenvalue weighted by Crippen LogP contribution is 2.45. The minimum Gasteiger partial charge on any atom is -0.462 e. The second-order valence-corrected chi connectivity index (χ2v) is 34.8. The zero-order chi connectivity index (χ0) is 77.1. The van der Waals surface area contributed by atoms with Crippen molar-refractivity contribution in [2.24, 2.45) is 11.8 Å². The monoisotopic (exact) mass is 1540 g/mol. The molecule has 105 heavy (non-hydrogen) atoms. The number of phosphoric acid groups is 2. The van der Waals surface area contributed by atoms with Gasteiger partial charge in [0.25, 0.3) is 0 Å². The van der Waals surface area contributed by atoms with Crippen LogP contribution in [0.15, 0.2) is 0 Å². The summed E-state index contributed by atoms with van der Waals surface area (Å²) in [6.45, 7) is 9.73. The quantitative estimate of drug-likeness (QED) is 0.0222. The Morgan fingerprint density at radius 2 is 0.438 bits per heavy atom. The number of aliphatic hydroxyl groups is 1. The van der Waals surface area contributed by atoms with E-state index in [2.05, 4.69) is 41.5 Å². The molecule has 5 atom stereocenters. The lowest BCUT2D eigenvalue weighted by Crippen LogP contribution is -2.30. The molecular weight excluding hydrogens is 1370 g/mol. The first-order valence-electron chi connectivity index (χ1n) is 44.5. The van der Waals surface area contributed by atoms with E-state index in [1.807, 2.05) is 0 Å². The molecule has 0 spiro atoms. The van der Waals surface area contributed by atoms with Crippen LogP contribution in [0.5, 0.6) is 0 Å². The van der Waals surface area contributed by atoms with Crippen LogP contribution >= 0.6 is 15.6 Å². The predicted octanol–water partition coefficient (Wildman–Crippen LogP) is 26.2. The van der Waals surface area contributed by atoms with Crippen LogP contribution in [0.25, 0.3) is 0 Å². The van der Waals surface area contributed by atoms with Crippen LogP contribution in [0, 0.1) is 11.8 Å². The number of phosphoric ester groups is 2. The number of ether oxygens (including phenoxy) is 4. The molecule has 0 amide bonds. The van der Waals surface area contributed by atoms with Crippen LogP contribution in [0.4, 0.5) is 0 Å². The summed E-state index contributed by atoms with van der Waals surface area (Å²) in [5, 5.41) is 10.7. The van der Waals surface area contributed by atoms with Crippen molar-refractivity contribution in [2.45, 2.75) is 477 Å². The van der Waals surface area contributed by atoms with Gasteiger partial charge in [-0.3, -0.25) is 37.3 Å². The molecule has 0 saturated heterocycles. The third-order valence-corrected chi connectivity index (χ3v) is 22.1. The molecule has 0 saturated carbocycles. The molecule has 624 valence electrons. The third kappa shape index (κ3) is 79.9. The zero-order valence-electron chi connectivity index (χ0n) is 69.0. The molecule has 0 bridgehead atoms. The average Bonchev–Trinajstić information content (AvgIpc) is 0.907. The predicted molar refractivity (Wildman–Crippen MR) is 432 cm³/mol. The van der Waals surface area contributed by atoms with Crippen molar-refractivity contribution in [2.75, 3.05) is 39.6 Å². The molecule has 0 fully saturated rings. The van der Waals surface area contributed by atoms with Gasteiger partial charge in [0.05, 0.1) is 26.4 Å². The van der Waals surface area contributed by atoms with Crippen molar-refractivity contribution in [3.8, 4) is 0 Å². The van der Waals surface area contributed by atoms with Gasteiger partial charge >= 0.3 is 39.5 Å². The number of hydrogen-bond acceptors (Lipinski definition) is 15. The van der Waals surface area contributed by atoms with E-state index in [1.165, 1.54) is 276 Å². The van der Waals surface area contributed by atoms with Crippen molar-refractivity contribution >= 4 is 39.5 Å². The maximum atomic E-state index is 13.1. The summed E-state index contributed by atoms with van der Waals surface area (Å²) in [6, 6.07) is 0. The Balaban J connectivity index is 5.25. The van der Waals surface area contributed by atoms with Gasteiger partial charge in [0.15, 0.2) is 12.2 Å². The Morgan fingerprint density at radius 1 is 0.257 bits per heavy atom. The highest BCUT2D eigenvalue weighted by Gasteiger charge is 2.30. The van der Waals surface area contributed by atoms with E-state index in [0.717, 1.165) is 102 Å². The van der Waals surface area contributed by atoms with E-state index in [4.69, 9.17) is 37.0 Å². The Labute approximate surface area is 645 Å². The molecule has 0 radical (unpaired) electrons. The lowest BCUT2D eigenvalue weighted by Gasteiger charge is -2.21. The second kappa shape index (κ2) is 77.4. The molecule has 0 aliphatic carbocycles. The van der Waals surface area contributed by atoms with Gasteiger partial charge in [-0.25, -0.2) is 9.13 Å². The molecule has 0 aliphatic heterocycles. The first-order valence-corrected chi connectivity index (χ1v) is 47.5. The molecule has 2 unspecified atom stereocenters. The van der Waals surface area contributed by atoms with Gasteiger partial charge in [0.2, 0.25) is 0 Å². The molecule has 3 N–H and O–H groups in total. The normalized spacial score (nSPS) is 13.8. The van der Waals surface area contributed by atoms with Gasteiger partial charge in [0, 0.05) is 25.7 Å². The molecule has 0 aromatic heterocycles. The lowest BCUT2D eigenvalue weighted by molar-refractivity contribution is -0.161. The summed E-state index contributed by atoms with van der Waals surface area (Å²) in [6.07, 6.45) is 69.3. The van der Waals surface area contributed by atoms with Gasteiger partial charge in [-0.05, 0) is 37.5 Å². The topological polar surface area (TPSA) is 237 Å². The molecule has 17 nitrogen and oxygen atoms in total. The van der Waals surface area contributed by atoms with E-state index in [9.17, 15) is 43.2 Å². The molecule has 0 rings (SSSR count). The van der Waals surface area contributed by atoms with Crippen molar-refractivity contribution < 1.29 is 80.2 Å². The average molecular weight is 1540 g/mol. The van der Waals surface area contributed by atoms with Crippen LogP contribution in [-0.4, -0.2) is 96.7 Å². The van der Waals surface area contributed by atoms with E-state index in [0.29, 0.717) is 25.7 Å². The lowest BCUT2D eigenvalue weighted by atomic mass is 10.0. The van der Waals surface area contributed by atoms with Crippen LogP contribution in [-0.2, 0) is 65.4 Å². The maximum Gasteiger partial charge on any atom is 0.472 e. The fraction of sp³-hybridized carbons (Fsp3) is 0.953. The standard InChI is InChI=1S/C86H168O17P2/c1-7-9-11-13-15-17-19-21-22-28-33-40-46-52-58-64-70-85(90)102-81(74-96-83(88)68-62-56-50-44-38-20-18-16-14-12-10-8-2)76-100-104(92,93)98-72-80(87)73-99-105(94,95)101-77-82(75-97-84(89)69-63-57-51-45-39-35-30-32-37-43-49-55-61-67-79(5)6)103-86(91)71-65-59-53-47-41-34-29-26-24-23-25-27-31-36-42-48-54-60-66-78(3)4/h78-82,87H,7-77H2,1-6H3,(H,92,93)(H,94,95)/t80-,81+,82+/m0/s1. The van der Waals surface area contributed by atoms with Crippen molar-refractivity contribution in [3.63, 3.8) is 0 Å². The zero-order valence-corrected chi connectivity index (χ0v) is 70.8. The number of carbonyl (C=O) groups excluding carboxylic acids is 4. The first kappa shape index (κ1) is 103. The molecule has 19 heteroatoms. The molecule has 0 aromatic rings. The van der Waals surface area contributed by atoms with Crippen molar-refractivity contribution in [1.82, 2.24) is 0 Å². The largest absolute Gasteiger partial charge is 0.472 e. The molecule has 0 aromatic carbocycles. The maximum absolute atomic E-state index is 13.1. The van der Waals surface area contributed by atoms with Gasteiger partial charge in [-0.1, -0.05) is 408 Å². The van der Waals surface area contributed by atoms with E-state index in [1.54, 1.807) is 0 Å². The number of hydrogen-bond donors (Lipinski definition) is 3. The highest BCUT2D eigenvalue weighted by atomic mass is 31.2. The number of rotatable bonds is 85. The van der Waals surface area contributed by atoms with Gasteiger partial charge < -0.3 is 33.8 Å². The Bertz CT molecular complexity index is 2010. The van der Waals surface area contributed by atoms with Gasteiger partial charge in [-0.15, -0.1) is 0 Å². The Hall–Kier alpha value is -1.94. The number of carbonyl (C=O) groups is 4. The SMILES string of the molecule is CCCCCCCCCCCCCCCCCCC(=O)O[C@H](COC(=O)CCCCCCCCCCCCCC)COP(=O)(O)OC[C@H](O)COP(=O)(O)OC[C@@H](COC(=O)CCCCCCCCCCCCCCCC(C)C)OC(=O)CCCCCCCCCCCCCCCCCCCCC(C)C. The summed E-state index contributed by atoms with van der Waals surface area (Å²) < 4.78 is 68.9. The minimum absolute atomic E-state index is 0.109. The van der Waals surface area contributed by atoms with Crippen LogP contribution < -0.4 is 0 Å². The summed E-state index contributed by atoms with van der Waals surface area (Å²) in [5.41, 5.74) is 0. The summed E-state index contributed by atoms with van der Waals surface area (Å²) in [7, 11) is -9.93. The van der Waals surface area contributed by atoms with E-state index >= 15 is 0 Å². The summed E-state index contributed by atoms with van der Waals surface area (Å²) in [5.74, 6) is -0.488. The van der Waals surface area contributed by atoms with E-state index in [-0.39, 0.29) is 25.7 Å². The van der Waals surface area contributed by atoms with Gasteiger partial charge in [-0.2, -0.15) is 0 Å². The smallest absolute Gasteiger partial charge is 0.462 e. The van der Waals surface area contributed by atoms with Crippen LogP contribution in [0.3, 0.4) is 0 Å². The Morgan fingerprint density at radius 3 is 0.648 bits per heavy atom. The summed E-state index contributed by atoms with van der Waals surface area (Å²) in [4.78, 5) is 73.2. The van der Waals surface area contributed by atoms with Crippen molar-refractivity contribution in [1.29, 1.82) is 0 Å². The second-order valence-electron chi connectivity index (χ2n) is 31.9. The highest BCUT2D eigenvalue weighted by molar-refractivity contribution is 7.47.